The molecule has 3 rings (SSSR count). The van der Waals surface area contributed by atoms with Crippen molar-refractivity contribution in [3.8, 4) is 5.75 Å². The van der Waals surface area contributed by atoms with Crippen molar-refractivity contribution in [2.75, 3.05) is 13.1 Å². The summed E-state index contributed by atoms with van der Waals surface area (Å²) in [4.78, 5) is 3.94. The highest BCUT2D eigenvalue weighted by Gasteiger charge is 2.25. The second-order valence-electron chi connectivity index (χ2n) is 5.65. The quantitative estimate of drug-likeness (QED) is 0.922. The first kappa shape index (κ1) is 16.6. The number of rotatable bonds is 4. The first-order chi connectivity index (χ1) is 11.4. The van der Waals surface area contributed by atoms with Gasteiger partial charge in [0, 0.05) is 19.3 Å². The molecule has 0 spiro atoms. The summed E-state index contributed by atoms with van der Waals surface area (Å²) in [6.07, 6.45) is 5.39. The molecule has 0 fully saturated rings. The lowest BCUT2D eigenvalue weighted by molar-refractivity contribution is 0.440. The van der Waals surface area contributed by atoms with Gasteiger partial charge in [-0.05, 0) is 41.3 Å². The van der Waals surface area contributed by atoms with E-state index >= 15 is 0 Å². The van der Waals surface area contributed by atoms with E-state index in [1.165, 1.54) is 34.8 Å². The molecule has 0 saturated heterocycles. The topological polar surface area (TPSA) is 70.5 Å². The van der Waals surface area contributed by atoms with Gasteiger partial charge in [-0.2, -0.15) is 4.31 Å². The fourth-order valence-electron chi connectivity index (χ4n) is 2.65. The first-order valence-corrected chi connectivity index (χ1v) is 9.11. The molecule has 5 nitrogen and oxygen atoms in total. The van der Waals surface area contributed by atoms with Crippen molar-refractivity contribution < 1.29 is 17.9 Å². The third-order valence-electron chi connectivity index (χ3n) is 3.92. The molecule has 0 unspecified atom stereocenters. The van der Waals surface area contributed by atoms with Crippen LogP contribution in [0.25, 0.3) is 5.57 Å². The van der Waals surface area contributed by atoms with Gasteiger partial charge >= 0.3 is 0 Å². The molecule has 0 saturated carbocycles. The molecule has 24 heavy (non-hydrogen) atoms. The molecule has 7 heteroatoms. The highest BCUT2D eigenvalue weighted by atomic mass is 32.2. The molecular formula is C17H17FN2O3S. The summed E-state index contributed by atoms with van der Waals surface area (Å²) in [7, 11) is -3.46. The Bertz CT molecular complexity index is 864. The van der Waals surface area contributed by atoms with Gasteiger partial charge in [-0.1, -0.05) is 18.2 Å². The van der Waals surface area contributed by atoms with E-state index in [1.807, 2.05) is 6.08 Å². The SMILES string of the molecule is O=S(=O)(Cc1ccc(F)cc1)N1CC=C(c2cncc(O)c2)CC1. The maximum atomic E-state index is 12.9. The standard InChI is InChI=1S/C17H17FN2O3S/c18-16-3-1-13(2-4-16)12-24(22,23)20-7-5-14(6-8-20)15-9-17(21)11-19-10-15/h1-5,9-11,21H,6-8,12H2. The lowest BCUT2D eigenvalue weighted by Crippen LogP contribution is -2.35. The summed E-state index contributed by atoms with van der Waals surface area (Å²) in [5.74, 6) is -0.453. The molecule has 126 valence electrons. The van der Waals surface area contributed by atoms with Crippen LogP contribution in [-0.4, -0.2) is 35.9 Å². The van der Waals surface area contributed by atoms with E-state index < -0.39 is 10.0 Å². The normalized spacial score (nSPS) is 16.0. The van der Waals surface area contributed by atoms with Crippen LogP contribution < -0.4 is 0 Å². The van der Waals surface area contributed by atoms with Crippen molar-refractivity contribution in [3.63, 3.8) is 0 Å². The Hall–Kier alpha value is -2.25. The van der Waals surface area contributed by atoms with E-state index in [1.54, 1.807) is 12.3 Å². The second kappa shape index (κ2) is 6.70. The Morgan fingerprint density at radius 2 is 1.96 bits per heavy atom. The van der Waals surface area contributed by atoms with E-state index in [9.17, 15) is 17.9 Å². The summed E-state index contributed by atoms with van der Waals surface area (Å²) < 4.78 is 39.3. The Kier molecular flexibility index (Phi) is 4.64. The molecule has 1 aliphatic rings. The smallest absolute Gasteiger partial charge is 0.218 e. The minimum Gasteiger partial charge on any atom is -0.506 e. The van der Waals surface area contributed by atoms with Gasteiger partial charge < -0.3 is 5.11 Å². The summed E-state index contributed by atoms with van der Waals surface area (Å²) in [5.41, 5.74) is 2.32. The minimum atomic E-state index is -3.46. The minimum absolute atomic E-state index is 0.0831. The summed E-state index contributed by atoms with van der Waals surface area (Å²) in [6.45, 7) is 0.638. The van der Waals surface area contributed by atoms with Gasteiger partial charge in [0.05, 0.1) is 11.9 Å². The van der Waals surface area contributed by atoms with Gasteiger partial charge in [-0.3, -0.25) is 4.98 Å². The van der Waals surface area contributed by atoms with E-state index in [4.69, 9.17) is 0 Å². The predicted octanol–water partition coefficient (Wildman–Crippen LogP) is 2.55. The third kappa shape index (κ3) is 3.80. The predicted molar refractivity (Wildman–Crippen MR) is 89.1 cm³/mol. The van der Waals surface area contributed by atoms with Crippen molar-refractivity contribution in [3.05, 3.63) is 65.7 Å². The molecule has 0 bridgehead atoms. The van der Waals surface area contributed by atoms with Gasteiger partial charge in [-0.25, -0.2) is 12.8 Å². The monoisotopic (exact) mass is 348 g/mol. The van der Waals surface area contributed by atoms with Crippen LogP contribution in [0.4, 0.5) is 4.39 Å². The average molecular weight is 348 g/mol. The molecule has 2 heterocycles. The first-order valence-electron chi connectivity index (χ1n) is 7.50. The maximum Gasteiger partial charge on any atom is 0.218 e. The number of halogens is 1. The van der Waals surface area contributed by atoms with Crippen molar-refractivity contribution in [2.45, 2.75) is 12.2 Å². The Morgan fingerprint density at radius 3 is 2.58 bits per heavy atom. The number of sulfonamides is 1. The lowest BCUT2D eigenvalue weighted by atomic mass is 10.0. The van der Waals surface area contributed by atoms with Crippen LogP contribution in [0.5, 0.6) is 5.75 Å². The fourth-order valence-corrected chi connectivity index (χ4v) is 4.12. The average Bonchev–Trinajstić information content (AvgIpc) is 2.57. The number of aromatic hydroxyl groups is 1. The van der Waals surface area contributed by atoms with Crippen molar-refractivity contribution in [2.24, 2.45) is 0 Å². The van der Waals surface area contributed by atoms with Crippen LogP contribution in [0.3, 0.4) is 0 Å². The van der Waals surface area contributed by atoms with Crippen LogP contribution in [0.2, 0.25) is 0 Å². The fraction of sp³-hybridized carbons (Fsp3) is 0.235. The van der Waals surface area contributed by atoms with Crippen LogP contribution in [0.15, 0.2) is 48.8 Å². The summed E-state index contributed by atoms with van der Waals surface area (Å²) in [6, 6.07) is 7.09. The van der Waals surface area contributed by atoms with Gasteiger partial charge in [0.2, 0.25) is 10.0 Å². The zero-order chi connectivity index (χ0) is 17.2. The molecule has 1 aromatic heterocycles. The van der Waals surface area contributed by atoms with Gasteiger partial charge in [0.1, 0.15) is 11.6 Å². The van der Waals surface area contributed by atoms with Crippen LogP contribution in [0, 0.1) is 5.82 Å². The van der Waals surface area contributed by atoms with Crippen LogP contribution in [-0.2, 0) is 15.8 Å². The van der Waals surface area contributed by atoms with Crippen LogP contribution in [0.1, 0.15) is 17.5 Å². The molecule has 2 aromatic rings. The van der Waals surface area contributed by atoms with E-state index in [2.05, 4.69) is 4.98 Å². The van der Waals surface area contributed by atoms with Crippen LogP contribution >= 0.6 is 0 Å². The molecule has 1 N–H and O–H groups in total. The molecule has 0 radical (unpaired) electrons. The number of hydrogen-bond acceptors (Lipinski definition) is 4. The van der Waals surface area contributed by atoms with E-state index in [0.29, 0.717) is 18.5 Å². The zero-order valence-electron chi connectivity index (χ0n) is 12.9. The van der Waals surface area contributed by atoms with E-state index in [-0.39, 0.29) is 23.9 Å². The van der Waals surface area contributed by atoms with Crippen molar-refractivity contribution in [1.82, 2.24) is 9.29 Å². The highest BCUT2D eigenvalue weighted by molar-refractivity contribution is 7.88. The number of pyridine rings is 1. The second-order valence-corrected chi connectivity index (χ2v) is 7.62. The molecule has 0 amide bonds. The largest absolute Gasteiger partial charge is 0.506 e. The van der Waals surface area contributed by atoms with Gasteiger partial charge in [0.15, 0.2) is 0 Å². The number of nitrogens with zero attached hydrogens (tertiary/aromatic N) is 2. The zero-order valence-corrected chi connectivity index (χ0v) is 13.7. The molecule has 0 aliphatic carbocycles. The summed E-state index contributed by atoms with van der Waals surface area (Å²) >= 11 is 0. The van der Waals surface area contributed by atoms with Gasteiger partial charge in [-0.15, -0.1) is 0 Å². The van der Waals surface area contributed by atoms with Crippen molar-refractivity contribution in [1.29, 1.82) is 0 Å². The summed E-state index contributed by atoms with van der Waals surface area (Å²) in [5, 5.41) is 9.49. The number of benzene rings is 1. The molecule has 1 aromatic carbocycles. The molecule has 1 aliphatic heterocycles. The number of hydrogen-bond donors (Lipinski definition) is 1. The van der Waals surface area contributed by atoms with Crippen molar-refractivity contribution >= 4 is 15.6 Å². The molecular weight excluding hydrogens is 331 g/mol. The van der Waals surface area contributed by atoms with E-state index in [0.717, 1.165) is 11.1 Å². The highest BCUT2D eigenvalue weighted by Crippen LogP contribution is 2.26. The third-order valence-corrected chi connectivity index (χ3v) is 5.74. The Labute approximate surface area is 140 Å². The Balaban J connectivity index is 1.71. The Morgan fingerprint density at radius 1 is 1.21 bits per heavy atom. The lowest BCUT2D eigenvalue weighted by Gasteiger charge is -2.26. The van der Waals surface area contributed by atoms with Gasteiger partial charge in [0.25, 0.3) is 0 Å². The molecule has 0 atom stereocenters. The number of aromatic nitrogens is 1. The maximum absolute atomic E-state index is 12.9.